The first-order chi connectivity index (χ1) is 5.40. The van der Waals surface area contributed by atoms with Crippen LogP contribution in [0.3, 0.4) is 0 Å². The summed E-state index contributed by atoms with van der Waals surface area (Å²) >= 11 is 0. The molecule has 0 aromatic carbocycles. The second-order valence-electron chi connectivity index (χ2n) is 2.97. The topological polar surface area (TPSA) is 40.7 Å². The summed E-state index contributed by atoms with van der Waals surface area (Å²) in [4.78, 5) is 7.66. The lowest BCUT2D eigenvalue weighted by molar-refractivity contribution is 0.667. The van der Waals surface area contributed by atoms with Crippen LogP contribution in [0.25, 0.3) is 0 Å². The van der Waals surface area contributed by atoms with Gasteiger partial charge in [-0.2, -0.15) is 0 Å². The highest BCUT2D eigenvalue weighted by molar-refractivity contribution is 5.31. The minimum atomic E-state index is 0.914. The predicted molar refractivity (Wildman–Crippen MR) is 44.8 cm³/mol. The maximum Gasteiger partial charge on any atom is 0.200 e. The van der Waals surface area contributed by atoms with Gasteiger partial charge in [-0.25, -0.2) is 4.98 Å². The van der Waals surface area contributed by atoms with E-state index in [0.29, 0.717) is 0 Å². The van der Waals surface area contributed by atoms with Crippen molar-refractivity contribution < 1.29 is 0 Å². The standard InChI is InChI=1S/C8H13N3/c1-9-8-10-6-4-2-3-5-7(6)11-8/h2-5H2,1H3,(H2,9,10,11). The molecule has 11 heavy (non-hydrogen) atoms. The molecule has 0 aliphatic heterocycles. The van der Waals surface area contributed by atoms with E-state index in [0.717, 1.165) is 12.4 Å². The fraction of sp³-hybridized carbons (Fsp3) is 0.625. The summed E-state index contributed by atoms with van der Waals surface area (Å²) in [6.45, 7) is 0. The van der Waals surface area contributed by atoms with E-state index < -0.39 is 0 Å². The van der Waals surface area contributed by atoms with Gasteiger partial charge in [-0.05, 0) is 25.7 Å². The molecular formula is C8H13N3. The lowest BCUT2D eigenvalue weighted by atomic mass is 10.0. The molecule has 0 fully saturated rings. The largest absolute Gasteiger partial charge is 0.359 e. The molecule has 60 valence electrons. The van der Waals surface area contributed by atoms with Crippen LogP contribution in [-0.4, -0.2) is 17.0 Å². The van der Waals surface area contributed by atoms with Crippen LogP contribution in [0.4, 0.5) is 5.95 Å². The third-order valence-corrected chi connectivity index (χ3v) is 2.19. The number of nitrogens with one attached hydrogen (secondary N) is 2. The fourth-order valence-corrected chi connectivity index (χ4v) is 1.57. The molecular weight excluding hydrogens is 138 g/mol. The molecule has 1 aliphatic carbocycles. The Balaban J connectivity index is 2.32. The molecule has 1 aromatic rings. The van der Waals surface area contributed by atoms with E-state index in [2.05, 4.69) is 15.3 Å². The highest BCUT2D eigenvalue weighted by Gasteiger charge is 2.12. The summed E-state index contributed by atoms with van der Waals surface area (Å²) in [6.07, 6.45) is 4.91. The van der Waals surface area contributed by atoms with Crippen molar-refractivity contribution in [2.45, 2.75) is 25.7 Å². The van der Waals surface area contributed by atoms with Gasteiger partial charge in [0.1, 0.15) is 0 Å². The first kappa shape index (κ1) is 6.70. The number of rotatable bonds is 1. The molecule has 3 nitrogen and oxygen atoms in total. The lowest BCUT2D eigenvalue weighted by Gasteiger charge is -2.07. The Morgan fingerprint density at radius 1 is 1.36 bits per heavy atom. The molecule has 2 rings (SSSR count). The van der Waals surface area contributed by atoms with E-state index in [1.165, 1.54) is 30.7 Å². The average Bonchev–Trinajstić information content (AvgIpc) is 2.46. The van der Waals surface area contributed by atoms with Gasteiger partial charge in [0.05, 0.1) is 5.69 Å². The van der Waals surface area contributed by atoms with Crippen LogP contribution in [0.1, 0.15) is 24.2 Å². The maximum absolute atomic E-state index is 4.40. The number of aryl methyl sites for hydroxylation is 2. The minimum absolute atomic E-state index is 0.914. The van der Waals surface area contributed by atoms with Crippen molar-refractivity contribution in [3.63, 3.8) is 0 Å². The van der Waals surface area contributed by atoms with Crippen LogP contribution in [0.15, 0.2) is 0 Å². The molecule has 1 aliphatic rings. The molecule has 0 saturated carbocycles. The normalized spacial score (nSPS) is 16.1. The SMILES string of the molecule is CNc1nc2c([nH]1)CCCC2. The van der Waals surface area contributed by atoms with Gasteiger partial charge in [-0.1, -0.05) is 0 Å². The second kappa shape index (κ2) is 2.57. The van der Waals surface area contributed by atoms with Crippen molar-refractivity contribution in [1.82, 2.24) is 9.97 Å². The van der Waals surface area contributed by atoms with Crippen molar-refractivity contribution in [2.75, 3.05) is 12.4 Å². The van der Waals surface area contributed by atoms with Gasteiger partial charge in [0.15, 0.2) is 5.95 Å². The van der Waals surface area contributed by atoms with E-state index in [-0.39, 0.29) is 0 Å². The molecule has 0 amide bonds. The van der Waals surface area contributed by atoms with Gasteiger partial charge in [-0.15, -0.1) is 0 Å². The van der Waals surface area contributed by atoms with E-state index in [4.69, 9.17) is 0 Å². The van der Waals surface area contributed by atoms with Crippen molar-refractivity contribution >= 4 is 5.95 Å². The summed E-state index contributed by atoms with van der Waals surface area (Å²) in [7, 11) is 1.89. The number of hydrogen-bond acceptors (Lipinski definition) is 2. The van der Waals surface area contributed by atoms with Gasteiger partial charge in [-0.3, -0.25) is 0 Å². The number of hydrogen-bond donors (Lipinski definition) is 2. The van der Waals surface area contributed by atoms with E-state index in [1.807, 2.05) is 7.05 Å². The van der Waals surface area contributed by atoms with Gasteiger partial charge in [0.2, 0.25) is 0 Å². The maximum atomic E-state index is 4.40. The monoisotopic (exact) mass is 151 g/mol. The van der Waals surface area contributed by atoms with Crippen LogP contribution in [0.2, 0.25) is 0 Å². The third-order valence-electron chi connectivity index (χ3n) is 2.19. The Hall–Kier alpha value is -0.990. The zero-order valence-electron chi connectivity index (χ0n) is 6.78. The van der Waals surface area contributed by atoms with Gasteiger partial charge < -0.3 is 10.3 Å². The Bertz CT molecular complexity index is 228. The van der Waals surface area contributed by atoms with Crippen LogP contribution in [0, 0.1) is 0 Å². The molecule has 2 N–H and O–H groups in total. The fourth-order valence-electron chi connectivity index (χ4n) is 1.57. The van der Waals surface area contributed by atoms with E-state index in [9.17, 15) is 0 Å². The number of imidazole rings is 1. The zero-order chi connectivity index (χ0) is 7.68. The molecule has 0 spiro atoms. The highest BCUT2D eigenvalue weighted by atomic mass is 15.1. The minimum Gasteiger partial charge on any atom is -0.359 e. The predicted octanol–water partition coefficient (Wildman–Crippen LogP) is 1.33. The third kappa shape index (κ3) is 1.11. The average molecular weight is 151 g/mol. The van der Waals surface area contributed by atoms with Gasteiger partial charge in [0.25, 0.3) is 0 Å². The quantitative estimate of drug-likeness (QED) is 0.635. The van der Waals surface area contributed by atoms with Crippen molar-refractivity contribution in [1.29, 1.82) is 0 Å². The van der Waals surface area contributed by atoms with E-state index >= 15 is 0 Å². The van der Waals surface area contributed by atoms with Crippen molar-refractivity contribution in [3.8, 4) is 0 Å². The molecule has 0 unspecified atom stereocenters. The van der Waals surface area contributed by atoms with Crippen LogP contribution in [-0.2, 0) is 12.8 Å². The van der Waals surface area contributed by atoms with Crippen molar-refractivity contribution in [3.05, 3.63) is 11.4 Å². The lowest BCUT2D eigenvalue weighted by Crippen LogP contribution is -2.00. The Labute approximate surface area is 66.2 Å². The molecule has 0 saturated heterocycles. The number of aromatic nitrogens is 2. The van der Waals surface area contributed by atoms with Crippen LogP contribution < -0.4 is 5.32 Å². The molecule has 0 radical (unpaired) electrons. The second-order valence-corrected chi connectivity index (χ2v) is 2.97. The summed E-state index contributed by atoms with van der Waals surface area (Å²) in [5, 5.41) is 3.02. The number of anilines is 1. The molecule has 0 bridgehead atoms. The Morgan fingerprint density at radius 3 is 2.91 bits per heavy atom. The first-order valence-electron chi connectivity index (χ1n) is 4.15. The molecule has 3 heteroatoms. The van der Waals surface area contributed by atoms with Crippen LogP contribution >= 0.6 is 0 Å². The molecule has 1 aromatic heterocycles. The van der Waals surface area contributed by atoms with Crippen LogP contribution in [0.5, 0.6) is 0 Å². The summed E-state index contributed by atoms with van der Waals surface area (Å²) in [5.41, 5.74) is 2.60. The smallest absolute Gasteiger partial charge is 0.200 e. The number of nitrogens with zero attached hydrogens (tertiary/aromatic N) is 1. The van der Waals surface area contributed by atoms with E-state index in [1.54, 1.807) is 0 Å². The summed E-state index contributed by atoms with van der Waals surface area (Å²) in [6, 6.07) is 0. The zero-order valence-corrected chi connectivity index (χ0v) is 6.78. The number of aromatic amines is 1. The summed E-state index contributed by atoms with van der Waals surface area (Å²) < 4.78 is 0. The van der Waals surface area contributed by atoms with Gasteiger partial charge in [0, 0.05) is 12.7 Å². The number of H-pyrrole nitrogens is 1. The first-order valence-corrected chi connectivity index (χ1v) is 4.15. The summed E-state index contributed by atoms with van der Waals surface area (Å²) in [5.74, 6) is 0.914. The van der Waals surface area contributed by atoms with Gasteiger partial charge >= 0.3 is 0 Å². The molecule has 0 atom stereocenters. The Morgan fingerprint density at radius 2 is 2.18 bits per heavy atom. The highest BCUT2D eigenvalue weighted by Crippen LogP contribution is 2.19. The molecule has 1 heterocycles. The number of fused-ring (bicyclic) bond motifs is 1. The Kier molecular flexibility index (Phi) is 1.56. The van der Waals surface area contributed by atoms with Crippen molar-refractivity contribution in [2.24, 2.45) is 0 Å².